The first-order valence-corrected chi connectivity index (χ1v) is 10.6. The second-order valence-corrected chi connectivity index (χ2v) is 8.09. The Labute approximate surface area is 180 Å². The summed E-state index contributed by atoms with van der Waals surface area (Å²) in [6, 6.07) is 4.06. The summed E-state index contributed by atoms with van der Waals surface area (Å²) in [5.41, 5.74) is -4.44. The van der Waals surface area contributed by atoms with Gasteiger partial charge >= 0.3 is 12.4 Å². The maximum absolute atomic E-state index is 13.4. The average molecular weight is 483 g/mol. The molecule has 0 aliphatic heterocycles. The molecule has 6 nitrogen and oxygen atoms in total. The van der Waals surface area contributed by atoms with Gasteiger partial charge in [0.2, 0.25) is 0 Å². The molecular formula is C19H19F6N3O3S. The molecule has 0 aliphatic carbocycles. The van der Waals surface area contributed by atoms with Crippen molar-refractivity contribution in [1.29, 1.82) is 0 Å². The van der Waals surface area contributed by atoms with Gasteiger partial charge in [0.25, 0.3) is 10.2 Å². The van der Waals surface area contributed by atoms with Gasteiger partial charge in [0, 0.05) is 24.7 Å². The molecule has 0 fully saturated rings. The minimum absolute atomic E-state index is 0.0103. The fourth-order valence-electron chi connectivity index (χ4n) is 2.71. The van der Waals surface area contributed by atoms with E-state index >= 15 is 0 Å². The van der Waals surface area contributed by atoms with Gasteiger partial charge in [0.15, 0.2) is 5.78 Å². The van der Waals surface area contributed by atoms with E-state index in [1.54, 1.807) is 6.92 Å². The van der Waals surface area contributed by atoms with Gasteiger partial charge in [-0.3, -0.25) is 9.52 Å². The van der Waals surface area contributed by atoms with Crippen molar-refractivity contribution in [2.45, 2.75) is 25.7 Å². The SMILES string of the molecule is CCCNS(=O)(=O)Nc1ccc(C(=O)c2ccc(C(F)(F)F)cc2C(F)(F)F)cc1NC. The Morgan fingerprint density at radius 2 is 1.59 bits per heavy atom. The Balaban J connectivity index is 2.48. The molecule has 0 radical (unpaired) electrons. The predicted octanol–water partition coefficient (Wildman–Crippen LogP) is 4.65. The molecule has 2 aromatic carbocycles. The maximum Gasteiger partial charge on any atom is 0.417 e. The van der Waals surface area contributed by atoms with Gasteiger partial charge in [0.05, 0.1) is 22.5 Å². The van der Waals surface area contributed by atoms with Crippen LogP contribution in [0.4, 0.5) is 37.7 Å². The van der Waals surface area contributed by atoms with E-state index < -0.39 is 45.0 Å². The van der Waals surface area contributed by atoms with Crippen LogP contribution in [0.5, 0.6) is 0 Å². The van der Waals surface area contributed by atoms with E-state index in [1.165, 1.54) is 7.05 Å². The number of alkyl halides is 6. The number of halogens is 6. The molecule has 176 valence electrons. The van der Waals surface area contributed by atoms with Crippen LogP contribution in [0.1, 0.15) is 40.4 Å². The summed E-state index contributed by atoms with van der Waals surface area (Å²) >= 11 is 0. The highest BCUT2D eigenvalue weighted by molar-refractivity contribution is 7.90. The van der Waals surface area contributed by atoms with Crippen LogP contribution in [0.15, 0.2) is 36.4 Å². The molecule has 0 atom stereocenters. The number of anilines is 2. The summed E-state index contributed by atoms with van der Waals surface area (Å²) in [5.74, 6) is -1.18. The van der Waals surface area contributed by atoms with Gasteiger partial charge in [0.1, 0.15) is 0 Å². The molecule has 0 saturated heterocycles. The zero-order chi connectivity index (χ0) is 24.3. The summed E-state index contributed by atoms with van der Waals surface area (Å²) in [6.45, 7) is 1.91. The molecule has 0 spiro atoms. The third kappa shape index (κ3) is 6.13. The van der Waals surface area contributed by atoms with E-state index in [9.17, 15) is 39.6 Å². The van der Waals surface area contributed by atoms with Crippen LogP contribution < -0.4 is 14.8 Å². The lowest BCUT2D eigenvalue weighted by molar-refractivity contribution is -0.143. The van der Waals surface area contributed by atoms with Crippen LogP contribution in [0.3, 0.4) is 0 Å². The molecule has 0 saturated carbocycles. The molecule has 0 unspecified atom stereocenters. The Morgan fingerprint density at radius 1 is 0.938 bits per heavy atom. The number of rotatable bonds is 8. The molecule has 32 heavy (non-hydrogen) atoms. The minimum Gasteiger partial charge on any atom is -0.386 e. The first-order chi connectivity index (χ1) is 14.7. The summed E-state index contributed by atoms with van der Waals surface area (Å²) in [4.78, 5) is 12.7. The second kappa shape index (κ2) is 9.36. The normalized spacial score (nSPS) is 12.5. The standard InChI is InChI=1S/C19H19F6N3O3S/c1-3-8-27-32(30,31)28-15-7-4-11(9-16(15)26-2)17(29)13-6-5-12(18(20,21)22)10-14(13)19(23,24)25/h4-7,9-10,26-28H,3,8H2,1-2H3. The van der Waals surface area contributed by atoms with Gasteiger partial charge < -0.3 is 5.32 Å². The fourth-order valence-corrected chi connectivity index (χ4v) is 3.72. The van der Waals surface area contributed by atoms with E-state index in [0.29, 0.717) is 18.6 Å². The number of ketones is 1. The number of nitrogens with one attached hydrogen (secondary N) is 3. The maximum atomic E-state index is 13.4. The van der Waals surface area contributed by atoms with Crippen molar-refractivity contribution in [2.24, 2.45) is 0 Å². The number of hydrogen-bond acceptors (Lipinski definition) is 4. The summed E-state index contributed by atoms with van der Waals surface area (Å²) in [5, 5.41) is 2.62. The Kier molecular flexibility index (Phi) is 7.45. The molecule has 2 rings (SSSR count). The number of hydrogen-bond donors (Lipinski definition) is 3. The molecule has 3 N–H and O–H groups in total. The van der Waals surface area contributed by atoms with Crippen molar-refractivity contribution in [1.82, 2.24) is 4.72 Å². The number of benzene rings is 2. The molecule has 13 heteroatoms. The van der Waals surface area contributed by atoms with Gasteiger partial charge in [-0.1, -0.05) is 6.92 Å². The second-order valence-electron chi connectivity index (χ2n) is 6.60. The number of carbonyl (C=O) groups is 1. The summed E-state index contributed by atoms with van der Waals surface area (Å²) in [7, 11) is -2.55. The average Bonchev–Trinajstić information content (AvgIpc) is 2.70. The predicted molar refractivity (Wildman–Crippen MR) is 107 cm³/mol. The van der Waals surface area contributed by atoms with Gasteiger partial charge in [-0.15, -0.1) is 0 Å². The van der Waals surface area contributed by atoms with Crippen molar-refractivity contribution in [3.8, 4) is 0 Å². The van der Waals surface area contributed by atoms with Crippen LogP contribution in [0.2, 0.25) is 0 Å². The molecule has 0 aromatic heterocycles. The van der Waals surface area contributed by atoms with E-state index in [4.69, 9.17) is 0 Å². The molecule has 0 bridgehead atoms. The smallest absolute Gasteiger partial charge is 0.386 e. The summed E-state index contributed by atoms with van der Waals surface area (Å²) in [6.07, 6.45) is -9.70. The molecule has 0 heterocycles. The molecular weight excluding hydrogens is 464 g/mol. The van der Waals surface area contributed by atoms with Crippen LogP contribution in [0.25, 0.3) is 0 Å². The number of carbonyl (C=O) groups excluding carboxylic acids is 1. The van der Waals surface area contributed by atoms with Crippen molar-refractivity contribution < 1.29 is 39.6 Å². The Morgan fingerprint density at radius 3 is 2.12 bits per heavy atom. The first-order valence-electron chi connectivity index (χ1n) is 9.12. The minimum atomic E-state index is -5.21. The van der Waals surface area contributed by atoms with Crippen LogP contribution in [-0.2, 0) is 22.6 Å². The Bertz CT molecular complexity index is 1100. The van der Waals surface area contributed by atoms with Crippen LogP contribution >= 0.6 is 0 Å². The molecule has 0 amide bonds. The van der Waals surface area contributed by atoms with Crippen molar-refractivity contribution in [3.63, 3.8) is 0 Å². The zero-order valence-electron chi connectivity index (χ0n) is 16.8. The highest BCUT2D eigenvalue weighted by Crippen LogP contribution is 2.38. The quantitative estimate of drug-likeness (QED) is 0.377. The lowest BCUT2D eigenvalue weighted by Gasteiger charge is -2.17. The van der Waals surface area contributed by atoms with E-state index in [0.717, 1.165) is 18.2 Å². The van der Waals surface area contributed by atoms with Crippen molar-refractivity contribution in [3.05, 3.63) is 58.7 Å². The lowest BCUT2D eigenvalue weighted by atomic mass is 9.95. The highest BCUT2D eigenvalue weighted by atomic mass is 32.2. The van der Waals surface area contributed by atoms with Gasteiger partial charge in [-0.05, 0) is 42.8 Å². The van der Waals surface area contributed by atoms with Crippen LogP contribution in [-0.4, -0.2) is 27.8 Å². The zero-order valence-corrected chi connectivity index (χ0v) is 17.6. The van der Waals surface area contributed by atoms with Crippen LogP contribution in [0, 0.1) is 0 Å². The highest BCUT2D eigenvalue weighted by Gasteiger charge is 2.39. The summed E-state index contributed by atoms with van der Waals surface area (Å²) < 4.78 is 107. The van der Waals surface area contributed by atoms with E-state index in [1.807, 2.05) is 0 Å². The van der Waals surface area contributed by atoms with Crippen molar-refractivity contribution >= 4 is 27.4 Å². The largest absolute Gasteiger partial charge is 0.417 e. The third-order valence-electron chi connectivity index (χ3n) is 4.23. The Hall–Kier alpha value is -2.80. The topological polar surface area (TPSA) is 87.3 Å². The van der Waals surface area contributed by atoms with E-state index in [2.05, 4.69) is 14.8 Å². The third-order valence-corrected chi connectivity index (χ3v) is 5.31. The molecule has 2 aromatic rings. The van der Waals surface area contributed by atoms with Gasteiger partial charge in [-0.25, -0.2) is 0 Å². The van der Waals surface area contributed by atoms with Crippen molar-refractivity contribution in [2.75, 3.05) is 23.6 Å². The van der Waals surface area contributed by atoms with Gasteiger partial charge in [-0.2, -0.15) is 39.5 Å². The van der Waals surface area contributed by atoms with E-state index in [-0.39, 0.29) is 29.5 Å². The monoisotopic (exact) mass is 483 g/mol. The first kappa shape index (κ1) is 25.5. The lowest BCUT2D eigenvalue weighted by Crippen LogP contribution is -2.30. The molecule has 0 aliphatic rings. The fraction of sp³-hybridized carbons (Fsp3) is 0.316.